The predicted octanol–water partition coefficient (Wildman–Crippen LogP) is 3.53. The summed E-state index contributed by atoms with van der Waals surface area (Å²) in [5.74, 6) is 3.83. The standard InChI is InChI=1S/C17H22FNO/c1-9(10-5-6-14(20-2)13(18)8-10)19-17-15-11-3-4-12(7-11)16(15)17/h5-6,8-9,11-12,15-17,19H,3-4,7H2,1-2H3. The van der Waals surface area contributed by atoms with Gasteiger partial charge in [0.25, 0.3) is 0 Å². The van der Waals surface area contributed by atoms with Crippen molar-refractivity contribution in [2.75, 3.05) is 7.11 Å². The van der Waals surface area contributed by atoms with Crippen molar-refractivity contribution in [3.63, 3.8) is 0 Å². The molecular weight excluding hydrogens is 253 g/mol. The van der Waals surface area contributed by atoms with E-state index < -0.39 is 0 Å². The Morgan fingerprint density at radius 1 is 1.25 bits per heavy atom. The van der Waals surface area contributed by atoms with Crippen LogP contribution in [0.3, 0.4) is 0 Å². The molecule has 0 aromatic heterocycles. The normalized spacial score (nSPS) is 38.6. The third-order valence-corrected chi connectivity index (χ3v) is 5.85. The van der Waals surface area contributed by atoms with Gasteiger partial charge in [0.1, 0.15) is 0 Å². The van der Waals surface area contributed by atoms with Crippen LogP contribution in [0, 0.1) is 29.5 Å². The van der Waals surface area contributed by atoms with E-state index in [4.69, 9.17) is 4.74 Å². The first-order chi connectivity index (χ1) is 9.69. The predicted molar refractivity (Wildman–Crippen MR) is 76.1 cm³/mol. The van der Waals surface area contributed by atoms with Crippen LogP contribution in [0.15, 0.2) is 18.2 Å². The zero-order valence-electron chi connectivity index (χ0n) is 12.1. The lowest BCUT2D eigenvalue weighted by Crippen LogP contribution is -2.26. The van der Waals surface area contributed by atoms with E-state index in [0.29, 0.717) is 11.8 Å². The lowest BCUT2D eigenvalue weighted by Gasteiger charge is -2.18. The Bertz CT molecular complexity index is 516. The Kier molecular flexibility index (Phi) is 2.81. The summed E-state index contributed by atoms with van der Waals surface area (Å²) in [6, 6.07) is 6.18. The third-order valence-electron chi connectivity index (χ3n) is 5.85. The van der Waals surface area contributed by atoms with E-state index in [2.05, 4.69) is 12.2 Å². The van der Waals surface area contributed by atoms with Crippen LogP contribution in [-0.4, -0.2) is 13.2 Å². The number of methoxy groups -OCH3 is 1. The highest BCUT2D eigenvalue weighted by Crippen LogP contribution is 2.65. The second-order valence-electron chi connectivity index (χ2n) is 6.80. The largest absolute Gasteiger partial charge is 0.494 e. The Labute approximate surface area is 119 Å². The maximum atomic E-state index is 13.8. The molecule has 0 amide bonds. The smallest absolute Gasteiger partial charge is 0.165 e. The van der Waals surface area contributed by atoms with Crippen LogP contribution in [0.25, 0.3) is 0 Å². The summed E-state index contributed by atoms with van der Waals surface area (Å²) in [5, 5.41) is 3.73. The molecule has 0 saturated heterocycles. The minimum Gasteiger partial charge on any atom is -0.494 e. The van der Waals surface area contributed by atoms with Gasteiger partial charge in [0.05, 0.1) is 7.11 Å². The minimum absolute atomic E-state index is 0.213. The number of rotatable bonds is 4. The second kappa shape index (κ2) is 4.45. The molecule has 0 heterocycles. The molecule has 3 saturated carbocycles. The van der Waals surface area contributed by atoms with Crippen molar-refractivity contribution in [3.8, 4) is 5.75 Å². The Morgan fingerprint density at radius 3 is 2.55 bits per heavy atom. The number of ether oxygens (including phenoxy) is 1. The summed E-state index contributed by atoms with van der Waals surface area (Å²) in [5.41, 5.74) is 1.01. The molecule has 3 heteroatoms. The minimum atomic E-state index is -0.269. The van der Waals surface area contributed by atoms with E-state index in [1.54, 1.807) is 12.1 Å². The van der Waals surface area contributed by atoms with Crippen LogP contribution in [-0.2, 0) is 0 Å². The maximum Gasteiger partial charge on any atom is 0.165 e. The van der Waals surface area contributed by atoms with Gasteiger partial charge >= 0.3 is 0 Å². The van der Waals surface area contributed by atoms with Gasteiger partial charge in [-0.2, -0.15) is 0 Å². The van der Waals surface area contributed by atoms with Crippen LogP contribution in [0.2, 0.25) is 0 Å². The number of halogens is 1. The average Bonchev–Trinajstić information content (AvgIpc) is 2.84. The van der Waals surface area contributed by atoms with Gasteiger partial charge in [-0.1, -0.05) is 6.07 Å². The highest BCUT2D eigenvalue weighted by molar-refractivity contribution is 5.31. The molecule has 20 heavy (non-hydrogen) atoms. The van der Waals surface area contributed by atoms with Gasteiger partial charge in [-0.3, -0.25) is 0 Å². The van der Waals surface area contributed by atoms with E-state index >= 15 is 0 Å². The summed E-state index contributed by atoms with van der Waals surface area (Å²) in [7, 11) is 1.50. The molecule has 2 nitrogen and oxygen atoms in total. The molecular formula is C17H22FNO. The second-order valence-corrected chi connectivity index (χ2v) is 6.80. The fourth-order valence-corrected chi connectivity index (χ4v) is 4.89. The summed E-state index contributed by atoms with van der Waals surface area (Å²) in [4.78, 5) is 0. The SMILES string of the molecule is COc1ccc(C(C)NC2C3C4CCC(C4)C23)cc1F. The van der Waals surface area contributed by atoms with Gasteiger partial charge < -0.3 is 10.1 Å². The van der Waals surface area contributed by atoms with Crippen molar-refractivity contribution in [2.45, 2.75) is 38.3 Å². The summed E-state index contributed by atoms with van der Waals surface area (Å²) in [6.45, 7) is 2.14. The zero-order valence-corrected chi connectivity index (χ0v) is 12.1. The van der Waals surface area contributed by atoms with Gasteiger partial charge in [0, 0.05) is 12.1 Å². The molecule has 1 N–H and O–H groups in total. The summed E-state index contributed by atoms with van der Waals surface area (Å²) >= 11 is 0. The fraction of sp³-hybridized carbons (Fsp3) is 0.647. The lowest BCUT2D eigenvalue weighted by atomic mass is 10.0. The Hall–Kier alpha value is -1.09. The first kappa shape index (κ1) is 12.6. The Morgan fingerprint density at radius 2 is 1.95 bits per heavy atom. The first-order valence-corrected chi connectivity index (χ1v) is 7.78. The number of hydrogen-bond donors (Lipinski definition) is 1. The number of benzene rings is 1. The molecule has 3 fully saturated rings. The molecule has 0 spiro atoms. The first-order valence-electron chi connectivity index (χ1n) is 7.78. The van der Waals surface area contributed by atoms with E-state index in [0.717, 1.165) is 29.2 Å². The summed E-state index contributed by atoms with van der Waals surface area (Å²) < 4.78 is 18.8. The molecule has 5 atom stereocenters. The van der Waals surface area contributed by atoms with Crippen LogP contribution < -0.4 is 10.1 Å². The molecule has 0 aliphatic heterocycles. The molecule has 1 aromatic carbocycles. The molecule has 3 aliphatic carbocycles. The molecule has 2 bridgehead atoms. The van der Waals surface area contributed by atoms with Crippen LogP contribution in [0.4, 0.5) is 4.39 Å². The summed E-state index contributed by atoms with van der Waals surface area (Å²) in [6.07, 6.45) is 4.35. The van der Waals surface area contributed by atoms with Gasteiger partial charge in [-0.25, -0.2) is 4.39 Å². The number of nitrogens with one attached hydrogen (secondary N) is 1. The van der Waals surface area contributed by atoms with Gasteiger partial charge in [-0.05, 0) is 67.6 Å². The monoisotopic (exact) mass is 275 g/mol. The molecule has 108 valence electrons. The van der Waals surface area contributed by atoms with E-state index in [-0.39, 0.29) is 11.9 Å². The van der Waals surface area contributed by atoms with Crippen molar-refractivity contribution in [1.29, 1.82) is 0 Å². The van der Waals surface area contributed by atoms with Crippen molar-refractivity contribution >= 4 is 0 Å². The van der Waals surface area contributed by atoms with E-state index in [1.807, 2.05) is 6.07 Å². The van der Waals surface area contributed by atoms with Gasteiger partial charge in [0.2, 0.25) is 0 Å². The lowest BCUT2D eigenvalue weighted by molar-refractivity contribution is 0.385. The number of fused-ring (bicyclic) bond motifs is 5. The van der Waals surface area contributed by atoms with Crippen molar-refractivity contribution < 1.29 is 9.13 Å². The highest BCUT2D eigenvalue weighted by atomic mass is 19.1. The van der Waals surface area contributed by atoms with Gasteiger partial charge in [-0.15, -0.1) is 0 Å². The maximum absolute atomic E-state index is 13.8. The van der Waals surface area contributed by atoms with Crippen LogP contribution in [0.1, 0.15) is 37.8 Å². The van der Waals surface area contributed by atoms with E-state index in [1.165, 1.54) is 26.4 Å². The molecule has 1 aromatic rings. The quantitative estimate of drug-likeness (QED) is 0.907. The zero-order chi connectivity index (χ0) is 13.9. The molecule has 5 unspecified atom stereocenters. The van der Waals surface area contributed by atoms with Crippen molar-refractivity contribution in [2.24, 2.45) is 23.7 Å². The van der Waals surface area contributed by atoms with E-state index in [9.17, 15) is 4.39 Å². The molecule has 4 rings (SSSR count). The van der Waals surface area contributed by atoms with Crippen LogP contribution >= 0.6 is 0 Å². The van der Waals surface area contributed by atoms with Crippen molar-refractivity contribution in [1.82, 2.24) is 5.32 Å². The molecule has 3 aliphatic rings. The van der Waals surface area contributed by atoms with Gasteiger partial charge in [0.15, 0.2) is 11.6 Å². The topological polar surface area (TPSA) is 21.3 Å². The van der Waals surface area contributed by atoms with Crippen LogP contribution in [0.5, 0.6) is 5.75 Å². The fourth-order valence-electron chi connectivity index (χ4n) is 4.89. The number of hydrogen-bond acceptors (Lipinski definition) is 2. The highest BCUT2D eigenvalue weighted by Gasteiger charge is 2.64. The molecule has 0 radical (unpaired) electrons. The average molecular weight is 275 g/mol. The van der Waals surface area contributed by atoms with Crippen molar-refractivity contribution in [3.05, 3.63) is 29.6 Å². The Balaban J connectivity index is 1.44. The third kappa shape index (κ3) is 1.79.